The van der Waals surface area contributed by atoms with E-state index >= 15 is 0 Å². The predicted octanol–water partition coefficient (Wildman–Crippen LogP) is 16.5. The summed E-state index contributed by atoms with van der Waals surface area (Å²) >= 11 is 0. The third-order valence-corrected chi connectivity index (χ3v) is 16.1. The molecule has 78 heavy (non-hydrogen) atoms. The van der Waals surface area contributed by atoms with Gasteiger partial charge in [-0.2, -0.15) is 0 Å². The third-order valence-electron chi connectivity index (χ3n) is 16.1. The van der Waals surface area contributed by atoms with Gasteiger partial charge in [0.05, 0.1) is 32.0 Å². The van der Waals surface area contributed by atoms with E-state index in [0.29, 0.717) is 19.4 Å². The maximum absolute atomic E-state index is 13.0. The number of aliphatic hydroxyl groups excluding tert-OH is 5. The minimum Gasteiger partial charge on any atom is -0.466 e. The van der Waals surface area contributed by atoms with Gasteiger partial charge in [-0.05, 0) is 57.8 Å². The first-order chi connectivity index (χ1) is 38.2. The van der Waals surface area contributed by atoms with Gasteiger partial charge in [0.2, 0.25) is 5.91 Å². The number of rotatable bonds is 59. The molecule has 0 radical (unpaired) electrons. The lowest BCUT2D eigenvalue weighted by molar-refractivity contribution is -0.302. The van der Waals surface area contributed by atoms with Gasteiger partial charge in [-0.25, -0.2) is 0 Å². The van der Waals surface area contributed by atoms with Crippen LogP contribution in [0.3, 0.4) is 0 Å². The van der Waals surface area contributed by atoms with Gasteiger partial charge in [-0.1, -0.05) is 282 Å². The molecule has 0 spiro atoms. The number of carbonyl (C=O) groups excluding carboxylic acids is 2. The number of hydrogen-bond donors (Lipinski definition) is 6. The highest BCUT2D eigenvalue weighted by atomic mass is 16.7. The predicted molar refractivity (Wildman–Crippen MR) is 324 cm³/mol. The number of esters is 1. The fourth-order valence-corrected chi connectivity index (χ4v) is 10.7. The molecule has 1 fully saturated rings. The summed E-state index contributed by atoms with van der Waals surface area (Å²) < 4.78 is 16.7. The normalized spacial score (nSPS) is 18.6. The first kappa shape index (κ1) is 74.2. The van der Waals surface area contributed by atoms with Crippen LogP contribution in [0, 0.1) is 0 Å². The maximum atomic E-state index is 13.0. The molecule has 0 aromatic heterocycles. The molecule has 1 aliphatic rings. The second kappa shape index (κ2) is 57.0. The summed E-state index contributed by atoms with van der Waals surface area (Å²) in [6.07, 6.45) is 60.3. The lowest BCUT2D eigenvalue weighted by Crippen LogP contribution is -2.60. The van der Waals surface area contributed by atoms with Gasteiger partial charge in [-0.3, -0.25) is 9.59 Å². The summed E-state index contributed by atoms with van der Waals surface area (Å²) in [6.45, 7) is 4.33. The number of amides is 1. The van der Waals surface area contributed by atoms with E-state index < -0.39 is 49.5 Å². The Morgan fingerprint density at radius 3 is 1.23 bits per heavy atom. The molecule has 0 bridgehead atoms. The standard InChI is InChI=1S/C67H127NO10/c1-3-5-7-9-11-13-14-15-28-32-35-39-43-47-51-55-63(72)76-56-52-48-44-40-36-33-30-27-25-23-21-19-17-16-18-20-22-24-26-29-31-34-38-42-46-50-54-62(71)68-59(60(70)53-49-45-41-37-12-10-8-6-4-2)58-77-67-66(75)65(74)64(73)61(57-69)78-67/h15,28,49,53,59-61,64-67,69-70,73-75H,3-14,16-27,29-48,50-52,54-58H2,1-2H3,(H,68,71)/b28-15-,53-49+. The van der Waals surface area contributed by atoms with E-state index in [9.17, 15) is 35.1 Å². The van der Waals surface area contributed by atoms with Crippen LogP contribution in [0.4, 0.5) is 0 Å². The molecular formula is C67H127NO10. The van der Waals surface area contributed by atoms with E-state index in [-0.39, 0.29) is 18.5 Å². The summed E-state index contributed by atoms with van der Waals surface area (Å²) in [5.74, 6) is -0.181. The zero-order valence-corrected chi connectivity index (χ0v) is 50.9. The van der Waals surface area contributed by atoms with Crippen LogP contribution < -0.4 is 5.32 Å². The minimum atomic E-state index is -1.57. The number of allylic oxidation sites excluding steroid dienone is 3. The Bertz CT molecular complexity index is 1350. The van der Waals surface area contributed by atoms with Crippen molar-refractivity contribution in [2.45, 2.75) is 371 Å². The summed E-state index contributed by atoms with van der Waals surface area (Å²) in [5.41, 5.74) is 0. The highest BCUT2D eigenvalue weighted by Gasteiger charge is 2.44. The number of nitrogens with one attached hydrogen (secondary N) is 1. The van der Waals surface area contributed by atoms with E-state index in [4.69, 9.17) is 14.2 Å². The third kappa shape index (κ3) is 45.7. The minimum absolute atomic E-state index is 0.000381. The number of unbranched alkanes of at least 4 members (excludes halogenated alkanes) is 43. The van der Waals surface area contributed by atoms with Crippen LogP contribution in [-0.2, 0) is 23.8 Å². The van der Waals surface area contributed by atoms with Crippen molar-refractivity contribution in [3.05, 3.63) is 24.3 Å². The van der Waals surface area contributed by atoms with Crippen LogP contribution in [0.2, 0.25) is 0 Å². The van der Waals surface area contributed by atoms with Crippen molar-refractivity contribution in [2.75, 3.05) is 19.8 Å². The molecule has 1 saturated heterocycles. The van der Waals surface area contributed by atoms with Gasteiger partial charge >= 0.3 is 5.97 Å². The summed E-state index contributed by atoms with van der Waals surface area (Å²) in [6, 6.07) is -0.806. The fourth-order valence-electron chi connectivity index (χ4n) is 10.7. The lowest BCUT2D eigenvalue weighted by atomic mass is 9.99. The van der Waals surface area contributed by atoms with Crippen molar-refractivity contribution in [1.82, 2.24) is 5.32 Å². The van der Waals surface area contributed by atoms with Crippen molar-refractivity contribution >= 4 is 11.9 Å². The molecule has 0 aliphatic carbocycles. The van der Waals surface area contributed by atoms with Crippen LogP contribution in [0.15, 0.2) is 24.3 Å². The zero-order chi connectivity index (χ0) is 56.6. The van der Waals surface area contributed by atoms with Crippen molar-refractivity contribution in [3.63, 3.8) is 0 Å². The molecule has 0 aromatic carbocycles. The molecule has 7 atom stereocenters. The average molecular weight is 1110 g/mol. The maximum Gasteiger partial charge on any atom is 0.305 e. The second-order valence-electron chi connectivity index (χ2n) is 23.5. The van der Waals surface area contributed by atoms with Crippen LogP contribution >= 0.6 is 0 Å². The van der Waals surface area contributed by atoms with Gasteiger partial charge in [-0.15, -0.1) is 0 Å². The molecule has 0 aromatic rings. The second-order valence-corrected chi connectivity index (χ2v) is 23.5. The Kier molecular flexibility index (Phi) is 54.2. The van der Waals surface area contributed by atoms with Crippen LogP contribution in [-0.4, -0.2) is 100 Å². The van der Waals surface area contributed by atoms with E-state index in [1.807, 2.05) is 6.08 Å². The molecule has 1 amide bonds. The average Bonchev–Trinajstić information content (AvgIpc) is 3.44. The largest absolute Gasteiger partial charge is 0.466 e. The smallest absolute Gasteiger partial charge is 0.305 e. The molecule has 0 saturated carbocycles. The van der Waals surface area contributed by atoms with Gasteiger partial charge in [0.1, 0.15) is 24.4 Å². The van der Waals surface area contributed by atoms with Crippen molar-refractivity contribution in [1.29, 1.82) is 0 Å². The molecule has 460 valence electrons. The highest BCUT2D eigenvalue weighted by Crippen LogP contribution is 2.23. The van der Waals surface area contributed by atoms with Crippen LogP contribution in [0.25, 0.3) is 0 Å². The van der Waals surface area contributed by atoms with Gasteiger partial charge < -0.3 is 45.1 Å². The topological polar surface area (TPSA) is 175 Å². The first-order valence-corrected chi connectivity index (χ1v) is 33.6. The highest BCUT2D eigenvalue weighted by molar-refractivity contribution is 5.76. The summed E-state index contributed by atoms with van der Waals surface area (Å²) in [7, 11) is 0. The van der Waals surface area contributed by atoms with E-state index in [2.05, 4.69) is 31.3 Å². The molecular weight excluding hydrogens is 979 g/mol. The Labute approximate surface area is 480 Å². The number of ether oxygens (including phenoxy) is 3. The van der Waals surface area contributed by atoms with Crippen molar-refractivity contribution in [3.8, 4) is 0 Å². The lowest BCUT2D eigenvalue weighted by Gasteiger charge is -2.40. The van der Waals surface area contributed by atoms with Gasteiger partial charge in [0.25, 0.3) is 0 Å². The van der Waals surface area contributed by atoms with E-state index in [0.717, 1.165) is 57.8 Å². The monoisotopic (exact) mass is 1110 g/mol. The Morgan fingerprint density at radius 2 is 0.821 bits per heavy atom. The summed E-state index contributed by atoms with van der Waals surface area (Å²) in [4.78, 5) is 25.1. The molecule has 6 N–H and O–H groups in total. The molecule has 11 heteroatoms. The SMILES string of the molecule is CCCCCCCC/C=C\CCCCCCCC(=O)OCCCCCCCCCCCCCCCCCCCCCCCCCCCCC(=O)NC(COC1OC(CO)C(O)C(O)C1O)C(O)/C=C/CCCCCCCCC. The van der Waals surface area contributed by atoms with E-state index in [1.165, 1.54) is 244 Å². The fraction of sp³-hybridized carbons (Fsp3) is 0.910. The Hall–Kier alpha value is -1.86. The molecule has 1 heterocycles. The van der Waals surface area contributed by atoms with Crippen LogP contribution in [0.5, 0.6) is 0 Å². The van der Waals surface area contributed by atoms with Gasteiger partial charge in [0.15, 0.2) is 6.29 Å². The molecule has 7 unspecified atom stereocenters. The number of carbonyl (C=O) groups is 2. The molecule has 11 nitrogen and oxygen atoms in total. The number of aliphatic hydroxyl groups is 5. The Morgan fingerprint density at radius 1 is 0.462 bits per heavy atom. The van der Waals surface area contributed by atoms with Crippen molar-refractivity contribution < 1.29 is 49.3 Å². The zero-order valence-electron chi connectivity index (χ0n) is 50.9. The van der Waals surface area contributed by atoms with Crippen molar-refractivity contribution in [2.24, 2.45) is 0 Å². The van der Waals surface area contributed by atoms with Gasteiger partial charge in [0, 0.05) is 12.8 Å². The van der Waals surface area contributed by atoms with Crippen LogP contribution in [0.1, 0.15) is 328 Å². The Balaban J connectivity index is 1.93. The summed E-state index contributed by atoms with van der Waals surface area (Å²) in [5, 5.41) is 54.3. The molecule has 1 aliphatic heterocycles. The molecule has 1 rings (SSSR count). The van der Waals surface area contributed by atoms with E-state index in [1.54, 1.807) is 6.08 Å². The number of hydrogen-bond acceptors (Lipinski definition) is 10. The first-order valence-electron chi connectivity index (χ1n) is 33.6. The quantitative estimate of drug-likeness (QED) is 0.0195.